The highest BCUT2D eigenvalue weighted by atomic mass is 32.2. The first kappa shape index (κ1) is 18.3. The van der Waals surface area contributed by atoms with E-state index in [-0.39, 0.29) is 36.7 Å². The zero-order chi connectivity index (χ0) is 17.9. The number of hydrogen-bond acceptors (Lipinski definition) is 6. The number of anilines is 1. The molecule has 0 spiro atoms. The molecular formula is C16H22N2O6S. The molecule has 1 fully saturated rings. The molecule has 1 saturated heterocycles. The number of fused-ring (bicyclic) bond motifs is 1. The number of aryl methyl sites for hydroxylation is 1. The van der Waals surface area contributed by atoms with Gasteiger partial charge in [-0.05, 0) is 36.6 Å². The predicted octanol–water partition coefficient (Wildman–Crippen LogP) is 0.0160. The van der Waals surface area contributed by atoms with Crippen molar-refractivity contribution in [3.8, 4) is 0 Å². The molecule has 2 aliphatic rings. The number of benzene rings is 1. The van der Waals surface area contributed by atoms with Gasteiger partial charge < -0.3 is 19.9 Å². The molecule has 0 aromatic heterocycles. The lowest BCUT2D eigenvalue weighted by Gasteiger charge is -2.31. The van der Waals surface area contributed by atoms with Crippen LogP contribution in [-0.2, 0) is 30.7 Å². The Hall–Kier alpha value is -1.52. The third kappa shape index (κ3) is 4.36. The Bertz CT molecular complexity index is 736. The third-order valence-corrected chi connectivity index (χ3v) is 5.79. The SMILES string of the molecule is O=C1CCc2cc(S(=O)(=O)N[C@@H]3COCC[C@@H]3OCCO)ccc2N1. The molecular weight excluding hydrogens is 348 g/mol. The van der Waals surface area contributed by atoms with Gasteiger partial charge in [0, 0.05) is 18.7 Å². The number of amides is 1. The summed E-state index contributed by atoms with van der Waals surface area (Å²) in [5.74, 6) is -0.0653. The normalized spacial score (nSPS) is 23.8. The molecule has 8 nitrogen and oxygen atoms in total. The highest BCUT2D eigenvalue weighted by Gasteiger charge is 2.31. The Labute approximate surface area is 146 Å². The van der Waals surface area contributed by atoms with Crippen LogP contribution >= 0.6 is 0 Å². The van der Waals surface area contributed by atoms with Crippen molar-refractivity contribution in [3.05, 3.63) is 23.8 Å². The molecule has 138 valence electrons. The minimum absolute atomic E-state index is 0.0653. The van der Waals surface area contributed by atoms with E-state index in [9.17, 15) is 13.2 Å². The third-order valence-electron chi connectivity index (χ3n) is 4.31. The maximum Gasteiger partial charge on any atom is 0.240 e. The molecule has 0 saturated carbocycles. The number of carbonyl (C=O) groups excluding carboxylic acids is 1. The van der Waals surface area contributed by atoms with Crippen molar-refractivity contribution in [2.24, 2.45) is 0 Å². The summed E-state index contributed by atoms with van der Waals surface area (Å²) in [7, 11) is -3.75. The summed E-state index contributed by atoms with van der Waals surface area (Å²) in [5.41, 5.74) is 1.45. The van der Waals surface area contributed by atoms with Crippen LogP contribution in [0.2, 0.25) is 0 Å². The maximum atomic E-state index is 12.7. The zero-order valence-corrected chi connectivity index (χ0v) is 14.5. The van der Waals surface area contributed by atoms with E-state index in [2.05, 4.69) is 10.0 Å². The number of aliphatic hydroxyl groups is 1. The Morgan fingerprint density at radius 3 is 3.00 bits per heavy atom. The van der Waals surface area contributed by atoms with Crippen molar-refractivity contribution < 1.29 is 27.8 Å². The summed E-state index contributed by atoms with van der Waals surface area (Å²) < 4.78 is 38.9. The van der Waals surface area contributed by atoms with E-state index in [1.165, 1.54) is 6.07 Å². The van der Waals surface area contributed by atoms with Crippen LogP contribution in [0.3, 0.4) is 0 Å². The smallest absolute Gasteiger partial charge is 0.240 e. The van der Waals surface area contributed by atoms with Gasteiger partial charge in [-0.25, -0.2) is 13.1 Å². The highest BCUT2D eigenvalue weighted by molar-refractivity contribution is 7.89. The summed E-state index contributed by atoms with van der Waals surface area (Å²) in [6.07, 6.45) is 1.08. The van der Waals surface area contributed by atoms with E-state index in [0.717, 1.165) is 5.56 Å². The minimum Gasteiger partial charge on any atom is -0.394 e. The quantitative estimate of drug-likeness (QED) is 0.650. The first-order valence-electron chi connectivity index (χ1n) is 8.25. The number of sulfonamides is 1. The number of nitrogens with one attached hydrogen (secondary N) is 2. The minimum atomic E-state index is -3.75. The monoisotopic (exact) mass is 370 g/mol. The van der Waals surface area contributed by atoms with Gasteiger partial charge in [0.05, 0.1) is 36.9 Å². The van der Waals surface area contributed by atoms with E-state index in [1.807, 2.05) is 0 Å². The summed E-state index contributed by atoms with van der Waals surface area (Å²) in [4.78, 5) is 11.6. The molecule has 3 N–H and O–H groups in total. The lowest BCUT2D eigenvalue weighted by molar-refractivity contribution is -0.116. The van der Waals surface area contributed by atoms with Crippen molar-refractivity contribution in [2.45, 2.75) is 36.3 Å². The van der Waals surface area contributed by atoms with Gasteiger partial charge in [0.1, 0.15) is 0 Å². The first-order valence-corrected chi connectivity index (χ1v) is 9.73. The van der Waals surface area contributed by atoms with Gasteiger partial charge in [-0.1, -0.05) is 0 Å². The fourth-order valence-corrected chi connectivity index (χ4v) is 4.33. The second-order valence-corrected chi connectivity index (χ2v) is 7.81. The fraction of sp³-hybridized carbons (Fsp3) is 0.562. The lowest BCUT2D eigenvalue weighted by Crippen LogP contribution is -2.50. The summed E-state index contributed by atoms with van der Waals surface area (Å²) in [6.45, 7) is 0.748. The molecule has 1 amide bonds. The summed E-state index contributed by atoms with van der Waals surface area (Å²) in [6, 6.07) is 4.16. The predicted molar refractivity (Wildman–Crippen MR) is 89.8 cm³/mol. The largest absolute Gasteiger partial charge is 0.394 e. The maximum absolute atomic E-state index is 12.7. The van der Waals surface area contributed by atoms with Gasteiger partial charge >= 0.3 is 0 Å². The number of rotatable bonds is 6. The fourth-order valence-electron chi connectivity index (χ4n) is 3.03. The van der Waals surface area contributed by atoms with Crippen LogP contribution < -0.4 is 10.0 Å². The second-order valence-electron chi connectivity index (χ2n) is 6.09. The highest BCUT2D eigenvalue weighted by Crippen LogP contribution is 2.26. The Morgan fingerprint density at radius 1 is 1.36 bits per heavy atom. The van der Waals surface area contributed by atoms with Crippen LogP contribution in [0.4, 0.5) is 5.69 Å². The summed E-state index contributed by atoms with van der Waals surface area (Å²) >= 11 is 0. The molecule has 1 aromatic carbocycles. The first-order chi connectivity index (χ1) is 12.0. The van der Waals surface area contributed by atoms with Crippen molar-refractivity contribution in [1.82, 2.24) is 4.72 Å². The second kappa shape index (κ2) is 7.79. The molecule has 2 aliphatic heterocycles. The van der Waals surface area contributed by atoms with Crippen LogP contribution in [0, 0.1) is 0 Å². The number of ether oxygens (including phenoxy) is 2. The Morgan fingerprint density at radius 2 is 2.20 bits per heavy atom. The van der Waals surface area contributed by atoms with Crippen LogP contribution in [0.5, 0.6) is 0 Å². The van der Waals surface area contributed by atoms with Crippen LogP contribution in [-0.4, -0.2) is 58.0 Å². The molecule has 1 aromatic rings. The van der Waals surface area contributed by atoms with E-state index in [1.54, 1.807) is 12.1 Å². The van der Waals surface area contributed by atoms with Gasteiger partial charge in [0.2, 0.25) is 15.9 Å². The van der Waals surface area contributed by atoms with E-state index in [4.69, 9.17) is 14.6 Å². The van der Waals surface area contributed by atoms with E-state index >= 15 is 0 Å². The van der Waals surface area contributed by atoms with E-state index in [0.29, 0.717) is 31.6 Å². The molecule has 9 heteroatoms. The molecule has 0 aliphatic carbocycles. The van der Waals surface area contributed by atoms with Crippen molar-refractivity contribution in [2.75, 3.05) is 31.7 Å². The van der Waals surface area contributed by atoms with Gasteiger partial charge in [-0.2, -0.15) is 0 Å². The van der Waals surface area contributed by atoms with Gasteiger partial charge in [-0.15, -0.1) is 0 Å². The van der Waals surface area contributed by atoms with Crippen molar-refractivity contribution >= 4 is 21.6 Å². The van der Waals surface area contributed by atoms with Crippen molar-refractivity contribution in [3.63, 3.8) is 0 Å². The molecule has 0 radical (unpaired) electrons. The summed E-state index contributed by atoms with van der Waals surface area (Å²) in [5, 5.41) is 11.6. The number of aliphatic hydroxyl groups excluding tert-OH is 1. The Balaban J connectivity index is 1.75. The molecule has 0 unspecified atom stereocenters. The molecule has 2 atom stereocenters. The van der Waals surface area contributed by atoms with E-state index < -0.39 is 16.1 Å². The molecule has 25 heavy (non-hydrogen) atoms. The topological polar surface area (TPSA) is 114 Å². The van der Waals surface area contributed by atoms with Crippen LogP contribution in [0.1, 0.15) is 18.4 Å². The molecule has 3 rings (SSSR count). The molecule has 0 bridgehead atoms. The molecule has 2 heterocycles. The van der Waals surface area contributed by atoms with Gasteiger partial charge in [0.25, 0.3) is 0 Å². The lowest BCUT2D eigenvalue weighted by atomic mass is 10.0. The average molecular weight is 370 g/mol. The van der Waals surface area contributed by atoms with Gasteiger partial charge in [0.15, 0.2) is 0 Å². The van der Waals surface area contributed by atoms with Crippen LogP contribution in [0.15, 0.2) is 23.1 Å². The standard InChI is InChI=1S/C16H22N2O6S/c19-6-8-24-15-5-7-23-10-14(15)18-25(21,22)12-2-3-13-11(9-12)1-4-16(20)17-13/h2-3,9,14-15,18-19H,1,4-8,10H2,(H,17,20)/t14-,15+/m1/s1. The van der Waals surface area contributed by atoms with Gasteiger partial charge in [-0.3, -0.25) is 4.79 Å². The van der Waals surface area contributed by atoms with Crippen LogP contribution in [0.25, 0.3) is 0 Å². The zero-order valence-electron chi connectivity index (χ0n) is 13.7. The number of hydrogen-bond donors (Lipinski definition) is 3. The van der Waals surface area contributed by atoms with Crippen molar-refractivity contribution in [1.29, 1.82) is 0 Å². The number of carbonyl (C=O) groups is 1. The Kier molecular flexibility index (Phi) is 5.70. The average Bonchev–Trinajstić information content (AvgIpc) is 2.60.